The summed E-state index contributed by atoms with van der Waals surface area (Å²) in [4.78, 5) is 12.1. The van der Waals surface area contributed by atoms with E-state index in [1.54, 1.807) is 31.4 Å². The van der Waals surface area contributed by atoms with E-state index in [1.165, 1.54) is 11.3 Å². The summed E-state index contributed by atoms with van der Waals surface area (Å²) in [5.74, 6) is 1.29. The zero-order valence-corrected chi connectivity index (χ0v) is 15.5. The van der Waals surface area contributed by atoms with E-state index in [9.17, 15) is 4.79 Å². The van der Waals surface area contributed by atoms with Gasteiger partial charge in [0.05, 0.1) is 13.5 Å². The highest BCUT2D eigenvalue weighted by atomic mass is 35.5. The van der Waals surface area contributed by atoms with Crippen LogP contribution in [0.15, 0.2) is 48.5 Å². The first-order valence-electron chi connectivity index (χ1n) is 7.76. The minimum absolute atomic E-state index is 0.156. The Hall–Kier alpha value is -2.64. The molecule has 8 heteroatoms. The first-order valence-corrected chi connectivity index (χ1v) is 8.95. The maximum atomic E-state index is 12.1. The number of carbonyl (C=O) groups is 1. The molecule has 6 nitrogen and oxygen atoms in total. The van der Waals surface area contributed by atoms with Crippen LogP contribution in [0.25, 0.3) is 0 Å². The maximum absolute atomic E-state index is 12.1. The Morgan fingerprint density at radius 2 is 1.77 bits per heavy atom. The smallest absolute Gasteiger partial charge is 0.230 e. The second kappa shape index (κ2) is 8.64. The Balaban J connectivity index is 1.50. The number of anilines is 1. The Morgan fingerprint density at radius 1 is 1.08 bits per heavy atom. The molecule has 0 spiro atoms. The third kappa shape index (κ3) is 5.18. The zero-order chi connectivity index (χ0) is 18.4. The number of carbonyl (C=O) groups excluding carboxylic acids is 1. The van der Waals surface area contributed by atoms with Crippen LogP contribution >= 0.6 is 22.9 Å². The molecule has 0 aliphatic heterocycles. The number of rotatable bonds is 7. The van der Waals surface area contributed by atoms with Crippen molar-refractivity contribution < 1.29 is 14.3 Å². The quantitative estimate of drug-likeness (QED) is 0.662. The molecule has 0 saturated carbocycles. The first kappa shape index (κ1) is 18.2. The third-order valence-corrected chi connectivity index (χ3v) is 4.48. The van der Waals surface area contributed by atoms with E-state index < -0.39 is 0 Å². The second-order valence-corrected chi connectivity index (χ2v) is 6.82. The lowest BCUT2D eigenvalue weighted by atomic mass is 10.1. The molecule has 1 aromatic heterocycles. The second-order valence-electron chi connectivity index (χ2n) is 5.32. The SMILES string of the molecule is COc1ccc(CC(=O)Nc2nnc(COc3ccc(Cl)cc3)s2)cc1. The summed E-state index contributed by atoms with van der Waals surface area (Å²) in [5.41, 5.74) is 0.888. The maximum Gasteiger partial charge on any atom is 0.230 e. The van der Waals surface area contributed by atoms with Gasteiger partial charge in [-0.3, -0.25) is 4.79 Å². The molecule has 1 amide bonds. The minimum Gasteiger partial charge on any atom is -0.497 e. The fourth-order valence-electron chi connectivity index (χ4n) is 2.13. The minimum atomic E-state index is -0.156. The molecule has 2 aromatic carbocycles. The van der Waals surface area contributed by atoms with Gasteiger partial charge in [0.2, 0.25) is 11.0 Å². The van der Waals surface area contributed by atoms with Gasteiger partial charge in [0, 0.05) is 5.02 Å². The lowest BCUT2D eigenvalue weighted by Gasteiger charge is -2.03. The molecule has 0 unspecified atom stereocenters. The van der Waals surface area contributed by atoms with Crippen LogP contribution in [0.2, 0.25) is 5.02 Å². The van der Waals surface area contributed by atoms with Crippen LogP contribution < -0.4 is 14.8 Å². The van der Waals surface area contributed by atoms with Crippen molar-refractivity contribution in [3.8, 4) is 11.5 Å². The van der Waals surface area contributed by atoms with Crippen LogP contribution in [-0.2, 0) is 17.8 Å². The van der Waals surface area contributed by atoms with Crippen molar-refractivity contribution in [3.05, 3.63) is 64.1 Å². The normalized spacial score (nSPS) is 10.4. The molecule has 0 fully saturated rings. The van der Waals surface area contributed by atoms with Gasteiger partial charge < -0.3 is 14.8 Å². The topological polar surface area (TPSA) is 73.3 Å². The van der Waals surface area contributed by atoms with Crippen LogP contribution in [-0.4, -0.2) is 23.2 Å². The first-order chi connectivity index (χ1) is 12.6. The molecule has 0 bridgehead atoms. The van der Waals surface area contributed by atoms with Gasteiger partial charge >= 0.3 is 0 Å². The fourth-order valence-corrected chi connectivity index (χ4v) is 2.93. The van der Waals surface area contributed by atoms with E-state index in [0.717, 1.165) is 11.3 Å². The summed E-state index contributed by atoms with van der Waals surface area (Å²) < 4.78 is 10.7. The fraction of sp³-hybridized carbons (Fsp3) is 0.167. The van der Waals surface area contributed by atoms with Crippen LogP contribution in [0.4, 0.5) is 5.13 Å². The average molecular weight is 390 g/mol. The van der Waals surface area contributed by atoms with Gasteiger partial charge in [-0.15, -0.1) is 10.2 Å². The summed E-state index contributed by atoms with van der Waals surface area (Å²) in [6.45, 7) is 0.271. The Kier molecular flexibility index (Phi) is 6.04. The van der Waals surface area contributed by atoms with Gasteiger partial charge in [-0.25, -0.2) is 0 Å². The lowest BCUT2D eigenvalue weighted by molar-refractivity contribution is -0.115. The van der Waals surface area contributed by atoms with Gasteiger partial charge in [-0.05, 0) is 42.0 Å². The van der Waals surface area contributed by atoms with Crippen molar-refractivity contribution in [3.63, 3.8) is 0 Å². The van der Waals surface area contributed by atoms with Crippen LogP contribution in [0.3, 0.4) is 0 Å². The summed E-state index contributed by atoms with van der Waals surface area (Å²) in [6.07, 6.45) is 0.250. The number of ether oxygens (including phenoxy) is 2. The number of benzene rings is 2. The van der Waals surface area contributed by atoms with Gasteiger partial charge in [-0.2, -0.15) is 0 Å². The predicted octanol–water partition coefficient (Wildman–Crippen LogP) is 3.96. The summed E-state index contributed by atoms with van der Waals surface area (Å²) in [7, 11) is 1.60. The van der Waals surface area contributed by atoms with E-state index >= 15 is 0 Å². The van der Waals surface area contributed by atoms with E-state index in [4.69, 9.17) is 21.1 Å². The molecular weight excluding hydrogens is 374 g/mol. The molecule has 1 N–H and O–H groups in total. The molecule has 1 heterocycles. The predicted molar refractivity (Wildman–Crippen MR) is 101 cm³/mol. The number of aromatic nitrogens is 2. The Labute approximate surface area is 159 Å². The number of methoxy groups -OCH3 is 1. The molecule has 26 heavy (non-hydrogen) atoms. The van der Waals surface area contributed by atoms with Crippen molar-refractivity contribution >= 4 is 34.0 Å². The van der Waals surface area contributed by atoms with Gasteiger partial charge in [0.25, 0.3) is 0 Å². The number of halogens is 1. The standard InChI is InChI=1S/C18H16ClN3O3S/c1-24-14-6-2-12(3-7-14)10-16(23)20-18-22-21-17(26-18)11-25-15-8-4-13(19)5-9-15/h2-9H,10-11H2,1H3,(H,20,22,23). The number of amides is 1. The monoisotopic (exact) mass is 389 g/mol. The van der Waals surface area contributed by atoms with Gasteiger partial charge in [0.15, 0.2) is 5.01 Å². The Morgan fingerprint density at radius 3 is 2.46 bits per heavy atom. The van der Waals surface area contributed by atoms with E-state index in [-0.39, 0.29) is 18.9 Å². The van der Waals surface area contributed by atoms with Gasteiger partial charge in [0.1, 0.15) is 18.1 Å². The van der Waals surface area contributed by atoms with Crippen LogP contribution in [0, 0.1) is 0 Å². The van der Waals surface area contributed by atoms with Crippen molar-refractivity contribution in [2.75, 3.05) is 12.4 Å². The number of nitrogens with zero attached hydrogens (tertiary/aromatic N) is 2. The third-order valence-electron chi connectivity index (χ3n) is 3.41. The number of hydrogen-bond donors (Lipinski definition) is 1. The molecule has 134 valence electrons. The van der Waals surface area contributed by atoms with Crippen LogP contribution in [0.1, 0.15) is 10.6 Å². The average Bonchev–Trinajstić information content (AvgIpc) is 3.09. The highest BCUT2D eigenvalue weighted by Crippen LogP contribution is 2.20. The zero-order valence-electron chi connectivity index (χ0n) is 13.9. The molecule has 0 aliphatic rings. The van der Waals surface area contributed by atoms with E-state index in [1.807, 2.05) is 24.3 Å². The Bertz CT molecular complexity index is 866. The van der Waals surface area contributed by atoms with Crippen molar-refractivity contribution in [2.24, 2.45) is 0 Å². The molecule has 0 aliphatic carbocycles. The van der Waals surface area contributed by atoms with Crippen molar-refractivity contribution in [1.82, 2.24) is 10.2 Å². The number of nitrogens with one attached hydrogen (secondary N) is 1. The number of hydrogen-bond acceptors (Lipinski definition) is 6. The summed E-state index contributed by atoms with van der Waals surface area (Å²) in [5, 5.41) is 12.5. The van der Waals surface area contributed by atoms with Crippen LogP contribution in [0.5, 0.6) is 11.5 Å². The largest absolute Gasteiger partial charge is 0.497 e. The highest BCUT2D eigenvalue weighted by Gasteiger charge is 2.10. The molecule has 0 atom stereocenters. The lowest BCUT2D eigenvalue weighted by Crippen LogP contribution is -2.14. The highest BCUT2D eigenvalue weighted by molar-refractivity contribution is 7.15. The molecule has 3 aromatic rings. The molecule has 0 saturated heterocycles. The molecule has 3 rings (SSSR count). The summed E-state index contributed by atoms with van der Waals surface area (Å²) in [6, 6.07) is 14.4. The van der Waals surface area contributed by atoms with E-state index in [2.05, 4.69) is 15.5 Å². The molecular formula is C18H16ClN3O3S. The van der Waals surface area contributed by atoms with E-state index in [0.29, 0.717) is 20.9 Å². The summed E-state index contributed by atoms with van der Waals surface area (Å²) >= 11 is 7.11. The van der Waals surface area contributed by atoms with Crippen molar-refractivity contribution in [2.45, 2.75) is 13.0 Å². The van der Waals surface area contributed by atoms with Gasteiger partial charge in [-0.1, -0.05) is 35.1 Å². The van der Waals surface area contributed by atoms with Crippen molar-refractivity contribution in [1.29, 1.82) is 0 Å². The molecule has 0 radical (unpaired) electrons.